The molecule has 2 nitrogen and oxygen atoms in total. The molecular weight excluding hydrogens is 100 g/mol. The Bertz CT molecular complexity index is 66.9. The Balaban J connectivity index is 3.71. The summed E-state index contributed by atoms with van der Waals surface area (Å²) in [4.78, 5) is 0. The van der Waals surface area contributed by atoms with Crippen LogP contribution in [0.15, 0.2) is 0 Å². The fraction of sp³-hybridized carbons (Fsp3) is 0.833. The van der Waals surface area contributed by atoms with E-state index < -0.39 is 0 Å². The van der Waals surface area contributed by atoms with Crippen molar-refractivity contribution in [1.82, 2.24) is 0 Å². The normalized spacial score (nSPS) is 22.1. The molecule has 2 heteroatoms. The molecule has 8 heavy (non-hydrogen) atoms. The molecule has 4 N–H and O–H groups in total. The van der Waals surface area contributed by atoms with Crippen LogP contribution in [0.1, 0.15) is 20.3 Å². The first-order valence-electron chi connectivity index (χ1n) is 2.84. The van der Waals surface area contributed by atoms with Crippen molar-refractivity contribution in [3.05, 3.63) is 6.92 Å². The minimum atomic E-state index is -0.292. The second-order valence-corrected chi connectivity index (χ2v) is 2.54. The number of nitrogens with two attached hydrogens (primary N) is 2. The third kappa shape index (κ3) is 1.80. The fourth-order valence-electron chi connectivity index (χ4n) is 0.228. The highest BCUT2D eigenvalue weighted by atomic mass is 14.8. The molecule has 0 aliphatic carbocycles. The SMILES string of the molecule is [CH2]CC(C)(N)C(C)N. The lowest BCUT2D eigenvalue weighted by Gasteiger charge is -2.26. The zero-order valence-electron chi connectivity index (χ0n) is 5.65. The van der Waals surface area contributed by atoms with Crippen molar-refractivity contribution in [2.45, 2.75) is 31.8 Å². The van der Waals surface area contributed by atoms with Crippen LogP contribution in [0.5, 0.6) is 0 Å². The monoisotopic (exact) mass is 115 g/mol. The maximum Gasteiger partial charge on any atom is 0.0276 e. The zero-order valence-corrected chi connectivity index (χ0v) is 5.65. The molecular formula is C6H15N2. The summed E-state index contributed by atoms with van der Waals surface area (Å²) in [5.41, 5.74) is 10.9. The maximum absolute atomic E-state index is 5.67. The van der Waals surface area contributed by atoms with Crippen molar-refractivity contribution in [3.63, 3.8) is 0 Å². The van der Waals surface area contributed by atoms with Crippen molar-refractivity contribution in [2.24, 2.45) is 11.5 Å². The van der Waals surface area contributed by atoms with E-state index in [1.807, 2.05) is 13.8 Å². The second-order valence-electron chi connectivity index (χ2n) is 2.54. The Morgan fingerprint density at radius 1 is 1.75 bits per heavy atom. The summed E-state index contributed by atoms with van der Waals surface area (Å²) in [7, 11) is 0. The van der Waals surface area contributed by atoms with Crippen LogP contribution < -0.4 is 11.5 Å². The maximum atomic E-state index is 5.67. The number of hydrogen-bond donors (Lipinski definition) is 2. The topological polar surface area (TPSA) is 52.0 Å². The fourth-order valence-corrected chi connectivity index (χ4v) is 0.228. The van der Waals surface area contributed by atoms with E-state index in [1.165, 1.54) is 0 Å². The molecule has 0 aromatic heterocycles. The minimum Gasteiger partial charge on any atom is -0.326 e. The summed E-state index contributed by atoms with van der Waals surface area (Å²) < 4.78 is 0. The van der Waals surface area contributed by atoms with Gasteiger partial charge in [0.25, 0.3) is 0 Å². The van der Waals surface area contributed by atoms with E-state index in [9.17, 15) is 0 Å². The molecule has 49 valence electrons. The number of hydrogen-bond acceptors (Lipinski definition) is 2. The van der Waals surface area contributed by atoms with E-state index in [1.54, 1.807) is 0 Å². The molecule has 0 rings (SSSR count). The van der Waals surface area contributed by atoms with Crippen LogP contribution >= 0.6 is 0 Å². The first kappa shape index (κ1) is 7.92. The molecule has 1 radical (unpaired) electrons. The highest BCUT2D eigenvalue weighted by molar-refractivity contribution is 4.87. The van der Waals surface area contributed by atoms with Crippen molar-refractivity contribution in [2.75, 3.05) is 0 Å². The van der Waals surface area contributed by atoms with Crippen LogP contribution in [-0.4, -0.2) is 11.6 Å². The lowest BCUT2D eigenvalue weighted by molar-refractivity contribution is 0.397. The van der Waals surface area contributed by atoms with E-state index in [4.69, 9.17) is 11.5 Å². The highest BCUT2D eigenvalue weighted by Gasteiger charge is 2.19. The first-order valence-corrected chi connectivity index (χ1v) is 2.84. The Morgan fingerprint density at radius 3 is 2.12 bits per heavy atom. The summed E-state index contributed by atoms with van der Waals surface area (Å²) in [5, 5.41) is 0. The molecule has 0 bridgehead atoms. The van der Waals surface area contributed by atoms with Crippen molar-refractivity contribution in [1.29, 1.82) is 0 Å². The van der Waals surface area contributed by atoms with E-state index in [-0.39, 0.29) is 11.6 Å². The zero-order chi connectivity index (χ0) is 6.78. The van der Waals surface area contributed by atoms with Gasteiger partial charge in [-0.25, -0.2) is 0 Å². The molecule has 0 heterocycles. The molecule has 0 saturated carbocycles. The van der Waals surface area contributed by atoms with Gasteiger partial charge in [-0.05, 0) is 20.3 Å². The predicted octanol–water partition coefficient (Wildman–Crippen LogP) is 0.275. The van der Waals surface area contributed by atoms with E-state index in [0.29, 0.717) is 6.42 Å². The van der Waals surface area contributed by atoms with Gasteiger partial charge >= 0.3 is 0 Å². The summed E-state index contributed by atoms with van der Waals surface area (Å²) in [6.45, 7) is 7.48. The number of rotatable bonds is 2. The molecule has 0 aromatic carbocycles. The predicted molar refractivity (Wildman–Crippen MR) is 36.2 cm³/mol. The summed E-state index contributed by atoms with van der Waals surface area (Å²) in [6.07, 6.45) is 0.685. The van der Waals surface area contributed by atoms with E-state index >= 15 is 0 Å². The van der Waals surface area contributed by atoms with Crippen LogP contribution in [0.25, 0.3) is 0 Å². The molecule has 0 aromatic rings. The molecule has 2 atom stereocenters. The minimum absolute atomic E-state index is 0.0278. The van der Waals surface area contributed by atoms with Crippen LogP contribution in [-0.2, 0) is 0 Å². The quantitative estimate of drug-likeness (QED) is 0.543. The highest BCUT2D eigenvalue weighted by Crippen LogP contribution is 2.06. The van der Waals surface area contributed by atoms with Gasteiger partial charge in [-0.1, -0.05) is 6.92 Å². The van der Waals surface area contributed by atoms with Gasteiger partial charge in [0.2, 0.25) is 0 Å². The van der Waals surface area contributed by atoms with Crippen LogP contribution in [0.4, 0.5) is 0 Å². The summed E-state index contributed by atoms with van der Waals surface area (Å²) in [6, 6.07) is 0.0278. The van der Waals surface area contributed by atoms with Gasteiger partial charge in [0.1, 0.15) is 0 Å². The van der Waals surface area contributed by atoms with Crippen molar-refractivity contribution in [3.8, 4) is 0 Å². The van der Waals surface area contributed by atoms with Gasteiger partial charge in [0.05, 0.1) is 0 Å². The average molecular weight is 115 g/mol. The molecule has 0 saturated heterocycles. The molecule has 0 aliphatic heterocycles. The van der Waals surface area contributed by atoms with Gasteiger partial charge in [-0.3, -0.25) is 0 Å². The smallest absolute Gasteiger partial charge is 0.0276 e. The lowest BCUT2D eigenvalue weighted by Crippen LogP contribution is -2.50. The van der Waals surface area contributed by atoms with Gasteiger partial charge in [0, 0.05) is 11.6 Å². The molecule has 0 aliphatic rings. The van der Waals surface area contributed by atoms with Crippen LogP contribution in [0.2, 0.25) is 0 Å². The van der Waals surface area contributed by atoms with E-state index in [2.05, 4.69) is 6.92 Å². The molecule has 0 fully saturated rings. The van der Waals surface area contributed by atoms with Gasteiger partial charge in [0.15, 0.2) is 0 Å². The molecule has 2 unspecified atom stereocenters. The third-order valence-corrected chi connectivity index (χ3v) is 1.58. The summed E-state index contributed by atoms with van der Waals surface area (Å²) in [5.74, 6) is 0. The molecule has 0 spiro atoms. The van der Waals surface area contributed by atoms with E-state index in [0.717, 1.165) is 0 Å². The van der Waals surface area contributed by atoms with Crippen LogP contribution in [0, 0.1) is 6.92 Å². The Hall–Kier alpha value is -0.0800. The average Bonchev–Trinajstić information content (AvgIpc) is 1.67. The van der Waals surface area contributed by atoms with Crippen LogP contribution in [0.3, 0.4) is 0 Å². The van der Waals surface area contributed by atoms with Crippen molar-refractivity contribution < 1.29 is 0 Å². The van der Waals surface area contributed by atoms with Gasteiger partial charge < -0.3 is 11.5 Å². The second kappa shape index (κ2) is 2.46. The van der Waals surface area contributed by atoms with Gasteiger partial charge in [-0.15, -0.1) is 0 Å². The Kier molecular flexibility index (Phi) is 2.44. The molecule has 0 amide bonds. The summed E-state index contributed by atoms with van der Waals surface area (Å²) >= 11 is 0. The Labute approximate surface area is 51.2 Å². The Morgan fingerprint density at radius 2 is 2.12 bits per heavy atom. The first-order chi connectivity index (χ1) is 3.50. The standard InChI is InChI=1S/C6H15N2/c1-4-6(3,8)5(2)7/h5H,1,4,7-8H2,2-3H3. The third-order valence-electron chi connectivity index (χ3n) is 1.58. The van der Waals surface area contributed by atoms with Crippen molar-refractivity contribution >= 4 is 0 Å². The largest absolute Gasteiger partial charge is 0.326 e. The van der Waals surface area contributed by atoms with Gasteiger partial charge in [-0.2, -0.15) is 0 Å². The lowest BCUT2D eigenvalue weighted by atomic mass is 9.93.